The number of thiophene rings is 1. The number of nitrogens with one attached hydrogen (secondary N) is 1. The van der Waals surface area contributed by atoms with Crippen molar-refractivity contribution in [2.45, 2.75) is 43.7 Å². The molecular weight excluding hydrogens is 524 g/mol. The summed E-state index contributed by atoms with van der Waals surface area (Å²) in [5, 5.41) is 21.2. The number of halogens is 1. The zero-order chi connectivity index (χ0) is 25.4. The van der Waals surface area contributed by atoms with Crippen LogP contribution in [0.15, 0.2) is 42.2 Å². The lowest BCUT2D eigenvalue weighted by Gasteiger charge is -2.15. The average Bonchev–Trinajstić information content (AvgIpc) is 3.55. The van der Waals surface area contributed by atoms with Crippen LogP contribution in [0.25, 0.3) is 0 Å². The van der Waals surface area contributed by atoms with E-state index in [1.165, 1.54) is 35.0 Å². The number of carbonyl (C=O) groups is 1. The molecule has 1 fully saturated rings. The van der Waals surface area contributed by atoms with E-state index >= 15 is 0 Å². The van der Waals surface area contributed by atoms with Crippen molar-refractivity contribution in [2.24, 2.45) is 11.1 Å². The molecule has 0 saturated heterocycles. The van der Waals surface area contributed by atoms with Crippen LogP contribution in [0.4, 0.5) is 5.82 Å². The molecule has 0 bridgehead atoms. The Balaban J connectivity index is 1.31. The van der Waals surface area contributed by atoms with Gasteiger partial charge in [0.1, 0.15) is 12.1 Å². The zero-order valence-corrected chi connectivity index (χ0v) is 21.5. The smallest absolute Gasteiger partial charge is 0.333 e. The fourth-order valence-corrected chi connectivity index (χ4v) is 6.55. The van der Waals surface area contributed by atoms with Crippen molar-refractivity contribution in [3.8, 4) is 0 Å². The van der Waals surface area contributed by atoms with Crippen molar-refractivity contribution in [1.82, 2.24) is 9.97 Å². The average molecular weight is 549 g/mol. The number of hydrogen-bond donors (Lipinski definition) is 3. The van der Waals surface area contributed by atoms with E-state index < -0.39 is 22.3 Å². The quantitative estimate of drug-likeness (QED) is 0.364. The fraction of sp³-hybridized carbons (Fsp3) is 0.375. The zero-order valence-electron chi connectivity index (χ0n) is 19.1. The van der Waals surface area contributed by atoms with Crippen molar-refractivity contribution in [3.63, 3.8) is 0 Å². The summed E-state index contributed by atoms with van der Waals surface area (Å²) in [5.41, 5.74) is 3.93. The Hall–Kier alpha value is -2.41. The molecule has 0 aliphatic heterocycles. The Morgan fingerprint density at radius 1 is 1.31 bits per heavy atom. The minimum Gasteiger partial charge on any atom is -0.393 e. The van der Waals surface area contributed by atoms with Crippen molar-refractivity contribution in [2.75, 3.05) is 11.9 Å². The summed E-state index contributed by atoms with van der Waals surface area (Å²) in [5.74, 6) is -0.0264. The number of carbonyl (C=O) groups excluding carboxylic acids is 1. The van der Waals surface area contributed by atoms with E-state index in [0.29, 0.717) is 34.1 Å². The number of anilines is 1. The number of benzene rings is 1. The lowest BCUT2D eigenvalue weighted by molar-refractivity contribution is 0.101. The van der Waals surface area contributed by atoms with Crippen LogP contribution in [0.5, 0.6) is 0 Å². The second-order valence-corrected chi connectivity index (χ2v) is 11.8. The van der Waals surface area contributed by atoms with E-state index in [1.807, 2.05) is 23.6 Å². The summed E-state index contributed by atoms with van der Waals surface area (Å²) in [4.78, 5) is 22.3. The lowest BCUT2D eigenvalue weighted by atomic mass is 9.94. The minimum absolute atomic E-state index is 0.189. The normalized spacial score (nSPS) is 23.5. The second-order valence-electron chi connectivity index (χ2n) is 9.21. The molecule has 1 aromatic carbocycles. The largest absolute Gasteiger partial charge is 0.393 e. The van der Waals surface area contributed by atoms with Gasteiger partial charge in [-0.05, 0) is 66.0 Å². The van der Waals surface area contributed by atoms with Gasteiger partial charge in [-0.2, -0.15) is 8.42 Å². The summed E-state index contributed by atoms with van der Waals surface area (Å²) >= 11 is 7.62. The molecule has 2 heterocycles. The second kappa shape index (κ2) is 10.2. The van der Waals surface area contributed by atoms with Gasteiger partial charge in [-0.15, -0.1) is 11.3 Å². The van der Waals surface area contributed by atoms with Gasteiger partial charge in [0.25, 0.3) is 0 Å². The number of rotatable bonds is 8. The molecule has 2 aliphatic carbocycles. The highest BCUT2D eigenvalue weighted by atomic mass is 35.5. The molecule has 2 aromatic heterocycles. The van der Waals surface area contributed by atoms with Gasteiger partial charge in [0, 0.05) is 29.1 Å². The van der Waals surface area contributed by atoms with Gasteiger partial charge in [-0.25, -0.2) is 15.1 Å². The molecule has 1 saturated carbocycles. The monoisotopic (exact) mass is 548 g/mol. The van der Waals surface area contributed by atoms with Gasteiger partial charge in [-0.1, -0.05) is 17.7 Å². The predicted octanol–water partition coefficient (Wildman–Crippen LogP) is 3.27. The van der Waals surface area contributed by atoms with Crippen LogP contribution >= 0.6 is 22.9 Å². The van der Waals surface area contributed by atoms with Crippen molar-refractivity contribution < 1.29 is 22.5 Å². The number of nitrogens with two attached hydrogens (primary N) is 1. The van der Waals surface area contributed by atoms with Gasteiger partial charge in [0.2, 0.25) is 5.78 Å². The first-order chi connectivity index (χ1) is 17.2. The molecule has 190 valence electrons. The molecule has 36 heavy (non-hydrogen) atoms. The van der Waals surface area contributed by atoms with Crippen molar-refractivity contribution in [3.05, 3.63) is 74.3 Å². The summed E-state index contributed by atoms with van der Waals surface area (Å²) in [6.45, 7) is -0.207. The number of ketones is 1. The van der Waals surface area contributed by atoms with Gasteiger partial charge < -0.3 is 10.4 Å². The van der Waals surface area contributed by atoms with Gasteiger partial charge in [0.05, 0.1) is 23.2 Å². The summed E-state index contributed by atoms with van der Waals surface area (Å²) in [7, 11) is -4.09. The number of aromatic nitrogens is 2. The Kier molecular flexibility index (Phi) is 7.12. The number of hydrogen-bond acceptors (Lipinski definition) is 9. The first-order valence-corrected chi connectivity index (χ1v) is 14.2. The SMILES string of the molecule is NS(=O)(=O)OC[C@H]1C[C@@H](Nc2ncncc2C(=O)c2cc(C3CCc4ccc(Cl)cc43)cs2)C[C@@H]1O. The van der Waals surface area contributed by atoms with E-state index in [1.54, 1.807) is 0 Å². The van der Waals surface area contributed by atoms with Crippen LogP contribution in [-0.4, -0.2) is 48.0 Å². The maximum atomic E-state index is 13.4. The van der Waals surface area contributed by atoms with Crippen molar-refractivity contribution >= 4 is 44.8 Å². The fourth-order valence-electron chi connectivity index (χ4n) is 5.09. The Morgan fingerprint density at radius 3 is 2.94 bits per heavy atom. The number of fused-ring (bicyclic) bond motifs is 1. The van der Waals surface area contributed by atoms with Crippen LogP contribution in [0.2, 0.25) is 5.02 Å². The molecule has 9 nitrogen and oxygen atoms in total. The molecular formula is C24H25ClN4O5S2. The van der Waals surface area contributed by atoms with E-state index in [2.05, 4.69) is 25.5 Å². The third-order valence-corrected chi connectivity index (χ3v) is 8.48. The van der Waals surface area contributed by atoms with Crippen LogP contribution in [-0.2, 0) is 20.9 Å². The highest BCUT2D eigenvalue weighted by Gasteiger charge is 2.35. The number of aryl methyl sites for hydroxylation is 1. The summed E-state index contributed by atoms with van der Waals surface area (Å²) in [6.07, 6.45) is 4.80. The molecule has 5 rings (SSSR count). The molecule has 0 spiro atoms. The van der Waals surface area contributed by atoms with E-state index in [-0.39, 0.29) is 24.3 Å². The highest BCUT2D eigenvalue weighted by molar-refractivity contribution is 7.84. The molecule has 12 heteroatoms. The van der Waals surface area contributed by atoms with Crippen molar-refractivity contribution in [1.29, 1.82) is 0 Å². The van der Waals surface area contributed by atoms with Gasteiger partial charge in [-0.3, -0.25) is 8.98 Å². The predicted molar refractivity (Wildman–Crippen MR) is 137 cm³/mol. The van der Waals surface area contributed by atoms with E-state index in [9.17, 15) is 18.3 Å². The molecule has 4 atom stereocenters. The van der Waals surface area contributed by atoms with Crippen LogP contribution in [0.3, 0.4) is 0 Å². The van der Waals surface area contributed by atoms with Gasteiger partial charge >= 0.3 is 10.3 Å². The molecule has 2 aliphatic rings. The Bertz CT molecular complexity index is 1400. The maximum Gasteiger partial charge on any atom is 0.333 e. The standard InChI is InChI=1S/C24H25ClN4O5S2/c25-16-3-1-13-2-4-18(19(13)7-16)15-6-22(35-11-15)23(31)20-9-27-12-28-24(20)29-17-5-14(21(30)8-17)10-34-36(26,32)33/h1,3,6-7,9,11-12,14,17-18,21,30H,2,4-5,8,10H2,(H2,26,32,33)(H,27,28,29)/t14-,17-,18?,21+/m1/s1. The summed E-state index contributed by atoms with van der Waals surface area (Å²) < 4.78 is 26.8. The maximum absolute atomic E-state index is 13.4. The Labute approximate surface area is 217 Å². The van der Waals surface area contributed by atoms with Crippen LogP contribution < -0.4 is 10.5 Å². The molecule has 0 amide bonds. The number of nitrogens with zero attached hydrogens (tertiary/aromatic N) is 2. The van der Waals surface area contributed by atoms with E-state index in [4.69, 9.17) is 16.7 Å². The molecule has 0 radical (unpaired) electrons. The molecule has 3 aromatic rings. The first-order valence-electron chi connectivity index (χ1n) is 11.5. The van der Waals surface area contributed by atoms with E-state index in [0.717, 1.165) is 18.4 Å². The molecule has 1 unspecified atom stereocenters. The Morgan fingerprint density at radius 2 is 2.14 bits per heavy atom. The third-order valence-electron chi connectivity index (χ3n) is 6.83. The van der Waals surface area contributed by atoms with Crippen LogP contribution in [0, 0.1) is 5.92 Å². The highest BCUT2D eigenvalue weighted by Crippen LogP contribution is 2.41. The van der Waals surface area contributed by atoms with Gasteiger partial charge in [0.15, 0.2) is 0 Å². The van der Waals surface area contributed by atoms with Crippen LogP contribution in [0.1, 0.15) is 57.1 Å². The number of aliphatic hydroxyl groups is 1. The first kappa shape index (κ1) is 25.2. The minimum atomic E-state index is -4.09. The number of aliphatic hydroxyl groups excluding tert-OH is 1. The molecule has 4 N–H and O–H groups in total. The summed E-state index contributed by atoms with van der Waals surface area (Å²) in [6, 6.07) is 7.70. The third kappa shape index (κ3) is 5.46. The lowest BCUT2D eigenvalue weighted by Crippen LogP contribution is -2.24. The topological polar surface area (TPSA) is 144 Å².